The van der Waals surface area contributed by atoms with E-state index in [0.29, 0.717) is 19.2 Å². The summed E-state index contributed by atoms with van der Waals surface area (Å²) in [4.78, 5) is 14.6. The Morgan fingerprint density at radius 2 is 1.56 bits per heavy atom. The van der Waals surface area contributed by atoms with Gasteiger partial charge in [0.1, 0.15) is 5.82 Å². The van der Waals surface area contributed by atoms with Crippen molar-refractivity contribution < 1.29 is 9.47 Å². The van der Waals surface area contributed by atoms with Gasteiger partial charge >= 0.3 is 0 Å². The second-order valence-electron chi connectivity index (χ2n) is 11.3. The summed E-state index contributed by atoms with van der Waals surface area (Å²) in [6.07, 6.45) is 2.98. The Labute approximate surface area is 251 Å². The van der Waals surface area contributed by atoms with Gasteiger partial charge in [0.15, 0.2) is 0 Å². The molecular formula is C33H38N8O2. The van der Waals surface area contributed by atoms with Gasteiger partial charge in [-0.25, -0.2) is 4.98 Å². The van der Waals surface area contributed by atoms with Crippen LogP contribution in [-0.4, -0.2) is 88.4 Å². The number of rotatable bonds is 8. The Balaban J connectivity index is 1.18. The maximum atomic E-state index is 5.60. The minimum atomic E-state index is 0.672. The zero-order valence-corrected chi connectivity index (χ0v) is 24.9. The van der Waals surface area contributed by atoms with Gasteiger partial charge in [-0.1, -0.05) is 24.3 Å². The van der Waals surface area contributed by atoms with E-state index in [0.717, 1.165) is 86.3 Å². The molecule has 0 amide bonds. The van der Waals surface area contributed by atoms with Crippen LogP contribution in [0, 0.1) is 0 Å². The third-order valence-electron chi connectivity index (χ3n) is 8.40. The molecule has 0 bridgehead atoms. The van der Waals surface area contributed by atoms with Gasteiger partial charge in [-0.05, 0) is 35.9 Å². The first-order valence-electron chi connectivity index (χ1n) is 15.1. The summed E-state index contributed by atoms with van der Waals surface area (Å²) >= 11 is 0. The van der Waals surface area contributed by atoms with Crippen LogP contribution in [0.3, 0.4) is 0 Å². The summed E-state index contributed by atoms with van der Waals surface area (Å²) in [7, 11) is 4.09. The Morgan fingerprint density at radius 1 is 0.814 bits per heavy atom. The fraction of sp³-hybridized carbons (Fsp3) is 0.364. The molecule has 2 aromatic carbocycles. The summed E-state index contributed by atoms with van der Waals surface area (Å²) in [6, 6.07) is 21.2. The Morgan fingerprint density at radius 3 is 2.30 bits per heavy atom. The highest BCUT2D eigenvalue weighted by Crippen LogP contribution is 2.30. The van der Waals surface area contributed by atoms with Crippen molar-refractivity contribution in [1.82, 2.24) is 29.2 Å². The van der Waals surface area contributed by atoms with Crippen LogP contribution < -0.4 is 10.2 Å². The molecular weight excluding hydrogens is 540 g/mol. The average molecular weight is 579 g/mol. The van der Waals surface area contributed by atoms with E-state index in [-0.39, 0.29) is 0 Å². The van der Waals surface area contributed by atoms with Gasteiger partial charge in [0.2, 0.25) is 5.95 Å². The highest BCUT2D eigenvalue weighted by atomic mass is 16.5. The van der Waals surface area contributed by atoms with E-state index in [9.17, 15) is 0 Å². The third kappa shape index (κ3) is 5.99. The number of fused-ring (bicyclic) bond motifs is 1. The molecule has 10 heteroatoms. The molecule has 1 N–H and O–H groups in total. The Hall–Kier alpha value is -4.25. The van der Waals surface area contributed by atoms with Gasteiger partial charge in [0, 0.05) is 87.8 Å². The molecule has 2 saturated heterocycles. The third-order valence-corrected chi connectivity index (χ3v) is 8.40. The highest BCUT2D eigenvalue weighted by molar-refractivity contribution is 5.87. The summed E-state index contributed by atoms with van der Waals surface area (Å²) in [5, 5.41) is 9.62. The fourth-order valence-corrected chi connectivity index (χ4v) is 5.95. The lowest BCUT2D eigenvalue weighted by atomic mass is 10.1. The molecule has 2 aliphatic rings. The molecule has 0 atom stereocenters. The number of aryl methyl sites for hydroxylation is 2. The van der Waals surface area contributed by atoms with E-state index in [1.54, 1.807) is 0 Å². The number of benzene rings is 2. The van der Waals surface area contributed by atoms with Crippen molar-refractivity contribution in [3.8, 4) is 22.5 Å². The number of hydrogen-bond donors (Lipinski definition) is 1. The maximum absolute atomic E-state index is 5.60. The first-order valence-corrected chi connectivity index (χ1v) is 15.1. The van der Waals surface area contributed by atoms with Gasteiger partial charge in [-0.2, -0.15) is 10.1 Å². The van der Waals surface area contributed by atoms with Gasteiger partial charge in [0.05, 0.1) is 43.3 Å². The molecule has 10 nitrogen and oxygen atoms in total. The summed E-state index contributed by atoms with van der Waals surface area (Å²) in [6.45, 7) is 7.47. The van der Waals surface area contributed by atoms with Crippen molar-refractivity contribution in [2.24, 2.45) is 14.1 Å². The normalized spacial score (nSPS) is 16.2. The van der Waals surface area contributed by atoms with Gasteiger partial charge in [0.25, 0.3) is 0 Å². The lowest BCUT2D eigenvalue weighted by Gasteiger charge is -2.27. The first-order chi connectivity index (χ1) is 21.1. The van der Waals surface area contributed by atoms with Gasteiger partial charge < -0.3 is 24.3 Å². The molecule has 0 unspecified atom stereocenters. The molecule has 0 spiro atoms. The van der Waals surface area contributed by atoms with Crippen LogP contribution in [0.5, 0.6) is 0 Å². The lowest BCUT2D eigenvalue weighted by molar-refractivity contribution is 0.0383. The zero-order valence-electron chi connectivity index (χ0n) is 24.9. The highest BCUT2D eigenvalue weighted by Gasteiger charge is 2.18. The second-order valence-corrected chi connectivity index (χ2v) is 11.3. The van der Waals surface area contributed by atoms with Crippen LogP contribution >= 0.6 is 0 Å². The predicted molar refractivity (Wildman–Crippen MR) is 170 cm³/mol. The number of nitrogens with one attached hydrogen (secondary N) is 1. The molecule has 43 heavy (non-hydrogen) atoms. The molecule has 2 aliphatic heterocycles. The minimum Gasteiger partial charge on any atom is -0.379 e. The predicted octanol–water partition coefficient (Wildman–Crippen LogP) is 4.49. The molecule has 3 aromatic heterocycles. The molecule has 0 radical (unpaired) electrons. The zero-order chi connectivity index (χ0) is 29.2. The van der Waals surface area contributed by atoms with Crippen molar-refractivity contribution in [1.29, 1.82) is 0 Å². The van der Waals surface area contributed by atoms with E-state index >= 15 is 0 Å². The van der Waals surface area contributed by atoms with E-state index in [1.807, 2.05) is 17.8 Å². The number of aromatic nitrogens is 5. The Kier molecular flexibility index (Phi) is 7.80. The molecule has 0 aliphatic carbocycles. The van der Waals surface area contributed by atoms with E-state index < -0.39 is 0 Å². The average Bonchev–Trinajstić information content (AvgIpc) is 3.63. The number of hydrogen-bond acceptors (Lipinski definition) is 8. The molecule has 222 valence electrons. The Bertz CT molecular complexity index is 1700. The number of nitrogens with zero attached hydrogens (tertiary/aromatic N) is 7. The van der Waals surface area contributed by atoms with Crippen LogP contribution in [0.15, 0.2) is 66.9 Å². The number of anilines is 3. The van der Waals surface area contributed by atoms with E-state index in [2.05, 4.69) is 87.5 Å². The summed E-state index contributed by atoms with van der Waals surface area (Å²) in [5.74, 6) is 1.47. The molecule has 2 fully saturated rings. The number of ether oxygens (including phenoxy) is 2. The van der Waals surface area contributed by atoms with Crippen molar-refractivity contribution in [3.05, 3.63) is 72.6 Å². The molecule has 5 heterocycles. The molecule has 0 saturated carbocycles. The van der Waals surface area contributed by atoms with Crippen LogP contribution in [0.1, 0.15) is 5.69 Å². The van der Waals surface area contributed by atoms with Gasteiger partial charge in [-0.15, -0.1) is 0 Å². The number of morpholine rings is 2. The first kappa shape index (κ1) is 27.6. The quantitative estimate of drug-likeness (QED) is 0.288. The summed E-state index contributed by atoms with van der Waals surface area (Å²) in [5.41, 5.74) is 7.47. The maximum Gasteiger partial charge on any atom is 0.228 e. The SMILES string of the molecule is Cn1cccc1-c1ccc(Nc2cc(-c3ccc4c(CCN5CCOCC5)nn(C)c4c3)nc(N3CCOCC3)n2)cc1. The summed E-state index contributed by atoms with van der Waals surface area (Å²) < 4.78 is 15.2. The monoisotopic (exact) mass is 578 g/mol. The van der Waals surface area contributed by atoms with Crippen LogP contribution in [0.4, 0.5) is 17.5 Å². The van der Waals surface area contributed by atoms with Crippen molar-refractivity contribution in [2.75, 3.05) is 69.4 Å². The van der Waals surface area contributed by atoms with Crippen LogP contribution in [-0.2, 0) is 30.0 Å². The van der Waals surface area contributed by atoms with E-state index in [1.165, 1.54) is 16.6 Å². The van der Waals surface area contributed by atoms with Gasteiger partial charge in [-0.3, -0.25) is 9.58 Å². The van der Waals surface area contributed by atoms with Crippen LogP contribution in [0.2, 0.25) is 0 Å². The van der Waals surface area contributed by atoms with Crippen molar-refractivity contribution >= 4 is 28.4 Å². The molecule has 5 aromatic rings. The van der Waals surface area contributed by atoms with Crippen LogP contribution in [0.25, 0.3) is 33.4 Å². The fourth-order valence-electron chi connectivity index (χ4n) is 5.95. The molecule has 7 rings (SSSR count). The largest absolute Gasteiger partial charge is 0.379 e. The second kappa shape index (κ2) is 12.2. The lowest BCUT2D eigenvalue weighted by Crippen LogP contribution is -2.37. The van der Waals surface area contributed by atoms with E-state index in [4.69, 9.17) is 24.5 Å². The minimum absolute atomic E-state index is 0.672. The standard InChI is InChI=1S/C33H38N8O2/c1-38-12-3-4-30(38)24-5-8-26(9-6-24)34-32-23-29(35-33(36-32)41-16-20-43-21-17-41)25-7-10-27-28(37-39(2)31(27)22-25)11-13-40-14-18-42-19-15-40/h3-10,12,22-23H,11,13-21H2,1-2H3,(H,34,35,36). The topological polar surface area (TPSA) is 85.5 Å². The smallest absolute Gasteiger partial charge is 0.228 e. The van der Waals surface area contributed by atoms with Crippen molar-refractivity contribution in [3.63, 3.8) is 0 Å². The van der Waals surface area contributed by atoms with Crippen molar-refractivity contribution in [2.45, 2.75) is 6.42 Å².